The topological polar surface area (TPSA) is 63.1 Å². The van der Waals surface area contributed by atoms with E-state index in [-0.39, 0.29) is 11.5 Å². The Kier molecular flexibility index (Phi) is 2.78. The number of carboxylic acids is 1. The van der Waals surface area contributed by atoms with E-state index in [9.17, 15) is 13.6 Å². The molecule has 1 N–H and O–H groups in total. The minimum Gasteiger partial charge on any atom is -0.477 e. The molecule has 0 radical (unpaired) electrons. The summed E-state index contributed by atoms with van der Waals surface area (Å²) < 4.78 is 26.8. The molecule has 0 aliphatic heterocycles. The van der Waals surface area contributed by atoms with Crippen LogP contribution < -0.4 is 0 Å². The third-order valence-corrected chi connectivity index (χ3v) is 2.06. The van der Waals surface area contributed by atoms with Gasteiger partial charge in [0.2, 0.25) is 0 Å². The number of aromatic nitrogens is 2. The van der Waals surface area contributed by atoms with Crippen LogP contribution in [0.5, 0.6) is 0 Å². The van der Waals surface area contributed by atoms with Crippen molar-refractivity contribution in [1.82, 2.24) is 9.97 Å². The molecular formula is C11H6F2N2O2. The predicted molar refractivity (Wildman–Crippen MR) is 54.3 cm³/mol. The zero-order chi connectivity index (χ0) is 12.4. The lowest BCUT2D eigenvalue weighted by Crippen LogP contribution is -2.03. The van der Waals surface area contributed by atoms with E-state index >= 15 is 0 Å². The minimum absolute atomic E-state index is 0.291. The van der Waals surface area contributed by atoms with Crippen LogP contribution in [0.3, 0.4) is 0 Å². The minimum atomic E-state index is -1.29. The number of benzene rings is 1. The van der Waals surface area contributed by atoms with Crippen molar-refractivity contribution in [2.75, 3.05) is 0 Å². The van der Waals surface area contributed by atoms with Crippen molar-refractivity contribution < 1.29 is 18.7 Å². The molecular weight excluding hydrogens is 230 g/mol. The van der Waals surface area contributed by atoms with Crippen LogP contribution in [-0.4, -0.2) is 21.0 Å². The Labute approximate surface area is 94.6 Å². The molecule has 17 heavy (non-hydrogen) atoms. The summed E-state index contributed by atoms with van der Waals surface area (Å²) >= 11 is 0. The van der Waals surface area contributed by atoms with E-state index in [0.29, 0.717) is 0 Å². The smallest absolute Gasteiger partial charge is 0.354 e. The van der Waals surface area contributed by atoms with Crippen LogP contribution in [0, 0.1) is 11.6 Å². The first-order valence-corrected chi connectivity index (χ1v) is 4.60. The number of carboxylic acid groups (broad SMARTS) is 1. The second-order valence-corrected chi connectivity index (χ2v) is 3.17. The van der Waals surface area contributed by atoms with Crippen molar-refractivity contribution in [3.8, 4) is 11.4 Å². The number of hydrogen-bond acceptors (Lipinski definition) is 3. The number of hydrogen-bond donors (Lipinski definition) is 1. The van der Waals surface area contributed by atoms with E-state index < -0.39 is 23.2 Å². The highest BCUT2D eigenvalue weighted by molar-refractivity contribution is 5.85. The summed E-state index contributed by atoms with van der Waals surface area (Å²) in [6, 6.07) is 4.45. The number of rotatable bonds is 2. The lowest BCUT2D eigenvalue weighted by atomic mass is 10.2. The van der Waals surface area contributed by atoms with Crippen molar-refractivity contribution >= 4 is 5.97 Å². The van der Waals surface area contributed by atoms with Gasteiger partial charge < -0.3 is 5.11 Å². The van der Waals surface area contributed by atoms with E-state index in [4.69, 9.17) is 5.11 Å². The summed E-state index contributed by atoms with van der Waals surface area (Å²) in [6.07, 6.45) is 1.14. The van der Waals surface area contributed by atoms with Crippen molar-refractivity contribution in [2.24, 2.45) is 0 Å². The van der Waals surface area contributed by atoms with Gasteiger partial charge in [-0.15, -0.1) is 0 Å². The average molecular weight is 236 g/mol. The summed E-state index contributed by atoms with van der Waals surface area (Å²) in [6.45, 7) is 0. The van der Waals surface area contributed by atoms with Crippen LogP contribution in [0.15, 0.2) is 30.5 Å². The molecule has 2 rings (SSSR count). The molecule has 1 aromatic carbocycles. The van der Waals surface area contributed by atoms with Gasteiger partial charge in [0.15, 0.2) is 11.5 Å². The number of nitrogens with zero attached hydrogens (tertiary/aromatic N) is 2. The monoisotopic (exact) mass is 236 g/mol. The molecule has 1 aromatic heterocycles. The highest BCUT2D eigenvalue weighted by atomic mass is 19.1. The molecule has 1 heterocycles. The number of halogens is 2. The van der Waals surface area contributed by atoms with Gasteiger partial charge in [0.1, 0.15) is 11.6 Å². The normalized spacial score (nSPS) is 10.2. The van der Waals surface area contributed by atoms with E-state index in [1.165, 1.54) is 6.07 Å². The molecule has 0 atom stereocenters. The SMILES string of the molecule is O=C(O)c1ccnc(-c2c(F)cccc2F)n1. The Bertz CT molecular complexity index is 567. The zero-order valence-corrected chi connectivity index (χ0v) is 8.39. The molecule has 4 nitrogen and oxygen atoms in total. The zero-order valence-electron chi connectivity index (χ0n) is 8.39. The van der Waals surface area contributed by atoms with E-state index in [1.807, 2.05) is 0 Å². The largest absolute Gasteiger partial charge is 0.477 e. The molecule has 6 heteroatoms. The summed E-state index contributed by atoms with van der Waals surface area (Å²) in [7, 11) is 0. The Morgan fingerprint density at radius 1 is 1.18 bits per heavy atom. The van der Waals surface area contributed by atoms with Crippen LogP contribution in [0.1, 0.15) is 10.5 Å². The molecule has 86 valence electrons. The third-order valence-electron chi connectivity index (χ3n) is 2.06. The Morgan fingerprint density at radius 2 is 1.82 bits per heavy atom. The van der Waals surface area contributed by atoms with Gasteiger partial charge in [-0.3, -0.25) is 0 Å². The predicted octanol–water partition coefficient (Wildman–Crippen LogP) is 2.12. The summed E-state index contributed by atoms with van der Waals surface area (Å²) in [5.41, 5.74) is -0.756. The van der Waals surface area contributed by atoms with Crippen molar-refractivity contribution in [2.45, 2.75) is 0 Å². The van der Waals surface area contributed by atoms with Gasteiger partial charge in [-0.05, 0) is 18.2 Å². The second kappa shape index (κ2) is 4.25. The number of carbonyl (C=O) groups is 1. The van der Waals surface area contributed by atoms with Crippen LogP contribution in [0.2, 0.25) is 0 Å². The van der Waals surface area contributed by atoms with Gasteiger partial charge in [0.05, 0.1) is 5.56 Å². The molecule has 0 saturated heterocycles. The Hall–Kier alpha value is -2.37. The van der Waals surface area contributed by atoms with Gasteiger partial charge in [-0.25, -0.2) is 23.5 Å². The van der Waals surface area contributed by atoms with Crippen molar-refractivity contribution in [1.29, 1.82) is 0 Å². The van der Waals surface area contributed by atoms with E-state index in [2.05, 4.69) is 9.97 Å². The maximum atomic E-state index is 13.4. The highest BCUT2D eigenvalue weighted by Gasteiger charge is 2.15. The lowest BCUT2D eigenvalue weighted by molar-refractivity contribution is 0.0690. The maximum Gasteiger partial charge on any atom is 0.354 e. The first-order chi connectivity index (χ1) is 8.09. The van der Waals surface area contributed by atoms with Gasteiger partial charge in [-0.2, -0.15) is 0 Å². The molecule has 0 aliphatic carbocycles. The Morgan fingerprint density at radius 3 is 2.41 bits per heavy atom. The molecule has 0 unspecified atom stereocenters. The van der Waals surface area contributed by atoms with Gasteiger partial charge in [0, 0.05) is 6.20 Å². The number of aromatic carboxylic acids is 1. The van der Waals surface area contributed by atoms with Crippen LogP contribution in [0.25, 0.3) is 11.4 Å². The molecule has 2 aromatic rings. The first kappa shape index (κ1) is 11.1. The van der Waals surface area contributed by atoms with Gasteiger partial charge >= 0.3 is 5.97 Å². The van der Waals surface area contributed by atoms with Crippen molar-refractivity contribution in [3.05, 3.63) is 47.8 Å². The fourth-order valence-corrected chi connectivity index (χ4v) is 1.31. The summed E-state index contributed by atoms with van der Waals surface area (Å²) in [5.74, 6) is -3.26. The van der Waals surface area contributed by atoms with Gasteiger partial charge in [-0.1, -0.05) is 6.07 Å². The van der Waals surface area contributed by atoms with Crippen molar-refractivity contribution in [3.63, 3.8) is 0 Å². The average Bonchev–Trinajstić information content (AvgIpc) is 2.29. The van der Waals surface area contributed by atoms with Crippen LogP contribution >= 0.6 is 0 Å². The van der Waals surface area contributed by atoms with E-state index in [1.54, 1.807) is 0 Å². The molecule has 0 saturated carbocycles. The molecule has 0 aliphatic rings. The van der Waals surface area contributed by atoms with Crippen LogP contribution in [-0.2, 0) is 0 Å². The maximum absolute atomic E-state index is 13.4. The molecule has 0 amide bonds. The van der Waals surface area contributed by atoms with Crippen LogP contribution in [0.4, 0.5) is 8.78 Å². The second-order valence-electron chi connectivity index (χ2n) is 3.17. The summed E-state index contributed by atoms with van der Waals surface area (Å²) in [4.78, 5) is 17.9. The first-order valence-electron chi connectivity index (χ1n) is 4.60. The Balaban J connectivity index is 2.61. The fraction of sp³-hybridized carbons (Fsp3) is 0. The third kappa shape index (κ3) is 2.10. The molecule has 0 fully saturated rings. The van der Waals surface area contributed by atoms with Gasteiger partial charge in [0.25, 0.3) is 0 Å². The summed E-state index contributed by atoms with van der Waals surface area (Å²) in [5, 5.41) is 8.72. The molecule has 0 bridgehead atoms. The highest BCUT2D eigenvalue weighted by Crippen LogP contribution is 2.22. The lowest BCUT2D eigenvalue weighted by Gasteiger charge is -2.03. The fourth-order valence-electron chi connectivity index (χ4n) is 1.31. The quantitative estimate of drug-likeness (QED) is 0.867. The van der Waals surface area contributed by atoms with E-state index in [0.717, 1.165) is 24.4 Å². The standard InChI is InChI=1S/C11H6F2N2O2/c12-6-2-1-3-7(13)9(6)10-14-5-4-8(15-10)11(16)17/h1-5H,(H,16,17). The molecule has 0 spiro atoms.